The van der Waals surface area contributed by atoms with Gasteiger partial charge in [0.2, 0.25) is 0 Å². The first kappa shape index (κ1) is 22.3. The summed E-state index contributed by atoms with van der Waals surface area (Å²) in [7, 11) is 0. The van der Waals surface area contributed by atoms with Gasteiger partial charge in [-0.05, 0) is 51.9 Å². The topological polar surface area (TPSA) is 82.1 Å². The number of carbonyl (C=O) groups is 3. The van der Waals surface area contributed by atoms with E-state index in [1.54, 1.807) is 4.90 Å². The predicted molar refractivity (Wildman–Crippen MR) is 96.6 cm³/mol. The first-order valence-electron chi connectivity index (χ1n) is 9.38. The van der Waals surface area contributed by atoms with Crippen LogP contribution in [0.15, 0.2) is 0 Å². The minimum Gasteiger partial charge on any atom is -0.444 e. The summed E-state index contributed by atoms with van der Waals surface area (Å²) in [5, 5.41) is 0. The van der Waals surface area contributed by atoms with Crippen LogP contribution in [0.2, 0.25) is 0 Å². The van der Waals surface area contributed by atoms with Gasteiger partial charge in [0.05, 0.1) is 6.61 Å². The number of esters is 1. The first-order valence-corrected chi connectivity index (χ1v) is 9.38. The number of likely N-dealkylation sites (tertiary alicyclic amines) is 1. The lowest BCUT2D eigenvalue weighted by Crippen LogP contribution is -2.48. The molecule has 0 N–H and O–H groups in total. The molecule has 0 aromatic heterocycles. The van der Waals surface area contributed by atoms with Gasteiger partial charge in [-0.2, -0.15) is 0 Å². The Bertz CT molecular complexity index is 497. The van der Waals surface area contributed by atoms with Gasteiger partial charge in [0.15, 0.2) is 0 Å². The zero-order chi connectivity index (χ0) is 19.9. The van der Waals surface area contributed by atoms with Crippen LogP contribution in [0.4, 0.5) is 9.59 Å². The smallest absolute Gasteiger partial charge is 0.444 e. The third-order valence-electron chi connectivity index (χ3n) is 4.11. The average Bonchev–Trinajstić information content (AvgIpc) is 2.50. The molecule has 2 atom stereocenters. The molecular weight excluding hydrogens is 338 g/mol. The van der Waals surface area contributed by atoms with Gasteiger partial charge >= 0.3 is 18.2 Å². The molecule has 0 radical (unpaired) electrons. The second-order valence-electron chi connectivity index (χ2n) is 8.26. The molecule has 1 rings (SSSR count). The van der Waals surface area contributed by atoms with Crippen molar-refractivity contribution in [2.75, 3.05) is 13.2 Å². The van der Waals surface area contributed by atoms with E-state index < -0.39 is 17.7 Å². The highest BCUT2D eigenvalue weighted by Crippen LogP contribution is 2.29. The third-order valence-corrected chi connectivity index (χ3v) is 4.11. The molecule has 7 heteroatoms. The summed E-state index contributed by atoms with van der Waals surface area (Å²) in [6, 6.07) is 0.0179. The summed E-state index contributed by atoms with van der Waals surface area (Å²) in [4.78, 5) is 37.5. The lowest BCUT2D eigenvalue weighted by atomic mass is 9.87. The molecular formula is C19H33NO6. The molecule has 0 saturated carbocycles. The van der Waals surface area contributed by atoms with Crippen molar-refractivity contribution in [3.63, 3.8) is 0 Å². The summed E-state index contributed by atoms with van der Waals surface area (Å²) in [5.74, 6) is -0.325. The summed E-state index contributed by atoms with van der Waals surface area (Å²) in [6.45, 7) is 12.1. The van der Waals surface area contributed by atoms with Crippen molar-refractivity contribution in [2.24, 2.45) is 11.8 Å². The normalized spacial score (nSPS) is 20.7. The van der Waals surface area contributed by atoms with E-state index in [0.717, 1.165) is 6.42 Å². The van der Waals surface area contributed by atoms with E-state index >= 15 is 0 Å². The first-order chi connectivity index (χ1) is 12.0. The van der Waals surface area contributed by atoms with Gasteiger partial charge in [-0.3, -0.25) is 4.79 Å². The summed E-state index contributed by atoms with van der Waals surface area (Å²) in [5.41, 5.74) is -0.535. The van der Waals surface area contributed by atoms with Gasteiger partial charge in [0.1, 0.15) is 5.60 Å². The fourth-order valence-corrected chi connectivity index (χ4v) is 2.90. The highest BCUT2D eigenvalue weighted by molar-refractivity contribution is 5.81. The molecule has 0 bridgehead atoms. The summed E-state index contributed by atoms with van der Waals surface area (Å²) in [6.07, 6.45) is 1.03. The Labute approximate surface area is 156 Å². The van der Waals surface area contributed by atoms with E-state index in [0.29, 0.717) is 19.4 Å². The Hall–Kier alpha value is -1.79. The predicted octanol–water partition coefficient (Wildman–Crippen LogP) is 4.14. The maximum atomic E-state index is 12.3. The molecule has 26 heavy (non-hydrogen) atoms. The number of hydrogen-bond acceptors (Lipinski definition) is 6. The number of piperidine rings is 1. The maximum absolute atomic E-state index is 12.3. The van der Waals surface area contributed by atoms with Gasteiger partial charge < -0.3 is 19.1 Å². The minimum absolute atomic E-state index is 0.0179. The largest absolute Gasteiger partial charge is 0.516 e. The molecule has 2 unspecified atom stereocenters. The molecule has 1 aliphatic heterocycles. The Morgan fingerprint density at radius 1 is 1.19 bits per heavy atom. The molecule has 0 aromatic rings. The molecule has 0 aliphatic carbocycles. The standard InChI is InChI=1S/C19H33NO6/c1-7-15-10-14(8-9-20(15)17(22)26-19(4,5)6)11-16(21)25-18(23)24-12-13(2)3/h13-15H,7-12H2,1-6H3. The molecule has 1 fully saturated rings. The van der Waals surface area contributed by atoms with Crippen LogP contribution in [0, 0.1) is 11.8 Å². The number of carbonyl (C=O) groups excluding carboxylic acids is 3. The Morgan fingerprint density at radius 2 is 1.85 bits per heavy atom. The quantitative estimate of drug-likeness (QED) is 0.534. The van der Waals surface area contributed by atoms with Crippen LogP contribution >= 0.6 is 0 Å². The Balaban J connectivity index is 2.49. The van der Waals surface area contributed by atoms with E-state index in [2.05, 4.69) is 0 Å². The Morgan fingerprint density at radius 3 is 2.38 bits per heavy atom. The van der Waals surface area contributed by atoms with E-state index in [1.807, 2.05) is 41.5 Å². The van der Waals surface area contributed by atoms with E-state index in [-0.39, 0.29) is 37.0 Å². The SMILES string of the molecule is CCC1CC(CC(=O)OC(=O)OCC(C)C)CCN1C(=O)OC(C)(C)C. The van der Waals surface area contributed by atoms with Crippen LogP contribution in [-0.2, 0) is 19.0 Å². The number of nitrogens with zero attached hydrogens (tertiary/aromatic N) is 1. The molecule has 150 valence electrons. The maximum Gasteiger partial charge on any atom is 0.516 e. The van der Waals surface area contributed by atoms with E-state index in [1.165, 1.54) is 0 Å². The second kappa shape index (κ2) is 9.78. The highest BCUT2D eigenvalue weighted by atomic mass is 16.7. The average molecular weight is 371 g/mol. The van der Waals surface area contributed by atoms with Crippen molar-refractivity contribution in [3.05, 3.63) is 0 Å². The van der Waals surface area contributed by atoms with Crippen molar-refractivity contribution in [2.45, 2.75) is 78.9 Å². The van der Waals surface area contributed by atoms with Gasteiger partial charge in [0.25, 0.3) is 0 Å². The molecule has 1 amide bonds. The minimum atomic E-state index is -0.943. The lowest BCUT2D eigenvalue weighted by molar-refractivity contribution is -0.141. The van der Waals surface area contributed by atoms with Gasteiger partial charge in [-0.25, -0.2) is 9.59 Å². The van der Waals surface area contributed by atoms with Crippen molar-refractivity contribution < 1.29 is 28.6 Å². The van der Waals surface area contributed by atoms with Crippen molar-refractivity contribution in [1.29, 1.82) is 0 Å². The Kier molecular flexibility index (Phi) is 8.37. The van der Waals surface area contributed by atoms with Gasteiger partial charge in [-0.15, -0.1) is 0 Å². The van der Waals surface area contributed by atoms with Crippen molar-refractivity contribution >= 4 is 18.2 Å². The van der Waals surface area contributed by atoms with Crippen LogP contribution in [0.3, 0.4) is 0 Å². The fraction of sp³-hybridized carbons (Fsp3) is 0.842. The van der Waals surface area contributed by atoms with Crippen molar-refractivity contribution in [1.82, 2.24) is 4.90 Å². The second-order valence-corrected chi connectivity index (χ2v) is 8.26. The monoisotopic (exact) mass is 371 g/mol. The summed E-state index contributed by atoms with van der Waals surface area (Å²) >= 11 is 0. The fourth-order valence-electron chi connectivity index (χ4n) is 2.90. The van der Waals surface area contributed by atoms with Crippen molar-refractivity contribution in [3.8, 4) is 0 Å². The molecule has 0 aromatic carbocycles. The van der Waals surface area contributed by atoms with E-state index in [9.17, 15) is 14.4 Å². The molecule has 1 aliphatic rings. The van der Waals surface area contributed by atoms with Crippen LogP contribution in [0.5, 0.6) is 0 Å². The molecule has 0 spiro atoms. The highest BCUT2D eigenvalue weighted by Gasteiger charge is 2.34. The zero-order valence-electron chi connectivity index (χ0n) is 16.9. The van der Waals surface area contributed by atoms with Crippen LogP contribution in [0.25, 0.3) is 0 Å². The zero-order valence-corrected chi connectivity index (χ0v) is 16.9. The van der Waals surface area contributed by atoms with Crippen LogP contribution in [-0.4, -0.2) is 47.9 Å². The number of hydrogen-bond donors (Lipinski definition) is 0. The van der Waals surface area contributed by atoms with E-state index in [4.69, 9.17) is 14.2 Å². The molecule has 7 nitrogen and oxygen atoms in total. The number of rotatable bonds is 5. The third kappa shape index (κ3) is 8.06. The number of amides is 1. The van der Waals surface area contributed by atoms with Gasteiger partial charge in [-0.1, -0.05) is 20.8 Å². The van der Waals surface area contributed by atoms with Crippen LogP contribution < -0.4 is 0 Å². The molecule has 1 saturated heterocycles. The van der Waals surface area contributed by atoms with Gasteiger partial charge in [0, 0.05) is 19.0 Å². The summed E-state index contributed by atoms with van der Waals surface area (Å²) < 4.78 is 15.0. The van der Waals surface area contributed by atoms with Crippen LogP contribution in [0.1, 0.15) is 67.2 Å². The number of ether oxygens (including phenoxy) is 3. The lowest BCUT2D eigenvalue weighted by Gasteiger charge is -2.39. The molecule has 1 heterocycles.